The molecule has 1 aromatic heterocycles. The van der Waals surface area contributed by atoms with Gasteiger partial charge in [-0.05, 0) is 31.9 Å². The molecule has 1 fully saturated rings. The van der Waals surface area contributed by atoms with Crippen molar-refractivity contribution in [3.8, 4) is 11.4 Å². The fourth-order valence-corrected chi connectivity index (χ4v) is 3.43. The van der Waals surface area contributed by atoms with Crippen LogP contribution in [0.1, 0.15) is 42.1 Å². The highest BCUT2D eigenvalue weighted by atomic mass is 16.5. The molecule has 0 saturated carbocycles. The number of nitrogens with zero attached hydrogens (tertiary/aromatic N) is 3. The predicted octanol–water partition coefficient (Wildman–Crippen LogP) is 4.31. The highest BCUT2D eigenvalue weighted by Crippen LogP contribution is 2.32. The molecule has 7 heteroatoms. The van der Waals surface area contributed by atoms with Gasteiger partial charge in [-0.3, -0.25) is 4.79 Å². The lowest BCUT2D eigenvalue weighted by Gasteiger charge is -2.22. The van der Waals surface area contributed by atoms with E-state index in [2.05, 4.69) is 15.5 Å². The van der Waals surface area contributed by atoms with Gasteiger partial charge in [-0.1, -0.05) is 47.6 Å². The summed E-state index contributed by atoms with van der Waals surface area (Å²) in [5, 5.41) is 6.91. The highest BCUT2D eigenvalue weighted by Gasteiger charge is 2.34. The third-order valence-corrected chi connectivity index (χ3v) is 4.82. The van der Waals surface area contributed by atoms with Gasteiger partial charge < -0.3 is 14.7 Å². The van der Waals surface area contributed by atoms with E-state index >= 15 is 0 Å². The molecule has 2 heterocycles. The number of likely N-dealkylation sites (tertiary alicyclic amines) is 1. The van der Waals surface area contributed by atoms with Gasteiger partial charge in [0.25, 0.3) is 0 Å². The Hall–Kier alpha value is -3.48. The number of para-hydroxylation sites is 1. The van der Waals surface area contributed by atoms with Crippen LogP contribution in [0.25, 0.3) is 11.4 Å². The van der Waals surface area contributed by atoms with Gasteiger partial charge in [0.2, 0.25) is 11.7 Å². The lowest BCUT2D eigenvalue weighted by molar-refractivity contribution is 0.101. The van der Waals surface area contributed by atoms with Crippen molar-refractivity contribution in [2.75, 3.05) is 11.9 Å². The fraction of sp³-hybridized carbons (Fsp3) is 0.238. The first-order valence-electron chi connectivity index (χ1n) is 9.20. The number of carbonyl (C=O) groups is 2. The van der Waals surface area contributed by atoms with Crippen LogP contribution < -0.4 is 5.32 Å². The standard InChI is InChI=1S/C21H20N4O3/c1-14(26)16-10-5-6-11-17(16)22-21(27)25-13-7-12-18(25)20-23-19(24-28-20)15-8-3-2-4-9-15/h2-6,8-11,18H,7,12-13H2,1H3,(H,22,27)/t18-/m0/s1. The highest BCUT2D eigenvalue weighted by molar-refractivity contribution is 6.03. The third kappa shape index (κ3) is 3.51. The van der Waals surface area contributed by atoms with Crippen molar-refractivity contribution in [1.82, 2.24) is 15.0 Å². The van der Waals surface area contributed by atoms with Gasteiger partial charge in [-0.2, -0.15) is 4.98 Å². The average molecular weight is 376 g/mol. The van der Waals surface area contributed by atoms with Crippen molar-refractivity contribution >= 4 is 17.5 Å². The third-order valence-electron chi connectivity index (χ3n) is 4.82. The zero-order chi connectivity index (χ0) is 19.5. The number of carbonyl (C=O) groups excluding carboxylic acids is 2. The minimum atomic E-state index is -0.283. The van der Waals surface area contributed by atoms with Crippen LogP contribution in [0.15, 0.2) is 59.1 Å². The van der Waals surface area contributed by atoms with E-state index in [9.17, 15) is 9.59 Å². The summed E-state index contributed by atoms with van der Waals surface area (Å²) in [5.41, 5.74) is 1.85. The van der Waals surface area contributed by atoms with Gasteiger partial charge in [-0.15, -0.1) is 0 Å². The van der Waals surface area contributed by atoms with E-state index < -0.39 is 0 Å². The summed E-state index contributed by atoms with van der Waals surface area (Å²) in [6.07, 6.45) is 1.59. The van der Waals surface area contributed by atoms with Crippen LogP contribution in [0.2, 0.25) is 0 Å². The molecule has 7 nitrogen and oxygen atoms in total. The Kier molecular flexibility index (Phi) is 4.89. The molecule has 2 aromatic carbocycles. The van der Waals surface area contributed by atoms with Crippen molar-refractivity contribution in [2.45, 2.75) is 25.8 Å². The summed E-state index contributed by atoms with van der Waals surface area (Å²) in [6.45, 7) is 2.06. The van der Waals surface area contributed by atoms with Crippen molar-refractivity contribution in [3.05, 3.63) is 66.1 Å². The lowest BCUT2D eigenvalue weighted by atomic mass is 10.1. The summed E-state index contributed by atoms with van der Waals surface area (Å²) in [6, 6.07) is 16.0. The number of amides is 2. The first-order valence-corrected chi connectivity index (χ1v) is 9.20. The Balaban J connectivity index is 1.53. The van der Waals surface area contributed by atoms with Crippen molar-refractivity contribution in [2.24, 2.45) is 0 Å². The first kappa shape index (κ1) is 17.9. The van der Waals surface area contributed by atoms with E-state index in [1.54, 1.807) is 29.2 Å². The maximum atomic E-state index is 12.9. The number of hydrogen-bond acceptors (Lipinski definition) is 5. The lowest BCUT2D eigenvalue weighted by Crippen LogP contribution is -2.35. The van der Waals surface area contributed by atoms with Gasteiger partial charge >= 0.3 is 6.03 Å². The monoisotopic (exact) mass is 376 g/mol. The van der Waals surface area contributed by atoms with E-state index in [0.29, 0.717) is 29.5 Å². The van der Waals surface area contributed by atoms with Gasteiger partial charge in [-0.25, -0.2) is 4.79 Å². The molecular weight excluding hydrogens is 356 g/mol. The molecule has 1 atom stereocenters. The minimum Gasteiger partial charge on any atom is -0.337 e. The molecule has 1 aliphatic rings. The second-order valence-electron chi connectivity index (χ2n) is 6.71. The summed E-state index contributed by atoms with van der Waals surface area (Å²) in [5.74, 6) is 0.828. The van der Waals surface area contributed by atoms with Gasteiger partial charge in [0.05, 0.1) is 5.69 Å². The van der Waals surface area contributed by atoms with Crippen molar-refractivity contribution in [1.29, 1.82) is 0 Å². The molecule has 1 saturated heterocycles. The molecule has 1 N–H and O–H groups in total. The van der Waals surface area contributed by atoms with Crippen LogP contribution in [0, 0.1) is 0 Å². The number of nitrogens with one attached hydrogen (secondary N) is 1. The van der Waals surface area contributed by atoms with E-state index in [1.807, 2.05) is 30.3 Å². The molecule has 0 bridgehead atoms. The minimum absolute atomic E-state index is 0.0988. The van der Waals surface area contributed by atoms with Crippen molar-refractivity contribution in [3.63, 3.8) is 0 Å². The van der Waals surface area contributed by atoms with Crippen LogP contribution in [0.3, 0.4) is 0 Å². The topological polar surface area (TPSA) is 88.3 Å². The molecule has 0 unspecified atom stereocenters. The Morgan fingerprint density at radius 1 is 1.11 bits per heavy atom. The average Bonchev–Trinajstić information content (AvgIpc) is 3.38. The quantitative estimate of drug-likeness (QED) is 0.686. The van der Waals surface area contributed by atoms with E-state index in [1.165, 1.54) is 6.92 Å². The molecule has 3 aromatic rings. The number of rotatable bonds is 4. The van der Waals surface area contributed by atoms with Crippen LogP contribution in [-0.4, -0.2) is 33.4 Å². The number of ketones is 1. The number of urea groups is 1. The van der Waals surface area contributed by atoms with Gasteiger partial charge in [0, 0.05) is 17.7 Å². The molecular formula is C21H20N4O3. The summed E-state index contributed by atoms with van der Waals surface area (Å²) in [7, 11) is 0. The number of aromatic nitrogens is 2. The van der Waals surface area contributed by atoms with Crippen LogP contribution in [0.4, 0.5) is 10.5 Å². The summed E-state index contributed by atoms with van der Waals surface area (Å²) >= 11 is 0. The van der Waals surface area contributed by atoms with Gasteiger partial charge in [0.15, 0.2) is 5.78 Å². The molecule has 0 spiro atoms. The number of Topliss-reactive ketones (excluding diaryl/α,β-unsaturated/α-hetero) is 1. The summed E-state index contributed by atoms with van der Waals surface area (Å²) in [4.78, 5) is 30.8. The predicted molar refractivity (Wildman–Crippen MR) is 104 cm³/mol. The second-order valence-corrected chi connectivity index (χ2v) is 6.71. The zero-order valence-electron chi connectivity index (χ0n) is 15.5. The Morgan fingerprint density at radius 3 is 2.64 bits per heavy atom. The van der Waals surface area contributed by atoms with Crippen molar-refractivity contribution < 1.29 is 14.1 Å². The molecule has 4 rings (SSSR count). The van der Waals surface area contributed by atoms with Gasteiger partial charge in [0.1, 0.15) is 6.04 Å². The maximum Gasteiger partial charge on any atom is 0.322 e. The molecule has 28 heavy (non-hydrogen) atoms. The van der Waals surface area contributed by atoms with E-state index in [4.69, 9.17) is 4.52 Å². The Bertz CT molecular complexity index is 1000. The number of anilines is 1. The SMILES string of the molecule is CC(=O)c1ccccc1NC(=O)N1CCC[C@H]1c1nc(-c2ccccc2)no1. The van der Waals surface area contributed by atoms with Crippen LogP contribution >= 0.6 is 0 Å². The molecule has 2 amide bonds. The van der Waals surface area contributed by atoms with E-state index in [0.717, 1.165) is 18.4 Å². The zero-order valence-corrected chi connectivity index (χ0v) is 15.5. The largest absolute Gasteiger partial charge is 0.337 e. The Labute approximate surface area is 162 Å². The van der Waals surface area contributed by atoms with Crippen LogP contribution in [-0.2, 0) is 0 Å². The van der Waals surface area contributed by atoms with Crippen LogP contribution in [0.5, 0.6) is 0 Å². The fourth-order valence-electron chi connectivity index (χ4n) is 3.43. The molecule has 0 aliphatic carbocycles. The maximum absolute atomic E-state index is 12.9. The second kappa shape index (κ2) is 7.64. The van der Waals surface area contributed by atoms with E-state index in [-0.39, 0.29) is 17.9 Å². The molecule has 1 aliphatic heterocycles. The Morgan fingerprint density at radius 2 is 1.86 bits per heavy atom. The molecule has 0 radical (unpaired) electrons. The number of benzene rings is 2. The normalized spacial score (nSPS) is 16.2. The summed E-state index contributed by atoms with van der Waals surface area (Å²) < 4.78 is 5.46. The smallest absolute Gasteiger partial charge is 0.322 e. The molecule has 142 valence electrons. The number of hydrogen-bond donors (Lipinski definition) is 1. The first-order chi connectivity index (χ1) is 13.6.